The van der Waals surface area contributed by atoms with E-state index in [-0.39, 0.29) is 29.9 Å². The highest BCUT2D eigenvalue weighted by Crippen LogP contribution is 2.36. The number of aliphatic hydroxyl groups excluding tert-OH is 1. The number of hydrogen-bond donors (Lipinski definition) is 3. The van der Waals surface area contributed by atoms with E-state index in [1.54, 1.807) is 4.90 Å². The number of piperidine rings is 1. The standard InChI is InChI=1S/C15H27N3O3/c1-9(2)14(20)17-12-5-10(6-13(19)11-3-4-11)7-18(8-12)15(16)21/h9-13,19H,3-8H2,1-2H3,(H2,16,21)(H,17,20). The van der Waals surface area contributed by atoms with Gasteiger partial charge in [0.15, 0.2) is 0 Å². The third-order valence-corrected chi connectivity index (χ3v) is 4.46. The molecular weight excluding hydrogens is 270 g/mol. The summed E-state index contributed by atoms with van der Waals surface area (Å²) < 4.78 is 0. The van der Waals surface area contributed by atoms with Gasteiger partial charge in [-0.2, -0.15) is 0 Å². The van der Waals surface area contributed by atoms with E-state index in [1.165, 1.54) is 0 Å². The van der Waals surface area contributed by atoms with Crippen molar-refractivity contribution in [1.82, 2.24) is 10.2 Å². The minimum atomic E-state index is -0.454. The molecule has 3 unspecified atom stereocenters. The van der Waals surface area contributed by atoms with Crippen LogP contribution in [0.25, 0.3) is 0 Å². The van der Waals surface area contributed by atoms with Crippen LogP contribution in [0.2, 0.25) is 0 Å². The van der Waals surface area contributed by atoms with Gasteiger partial charge in [-0.25, -0.2) is 4.79 Å². The number of nitrogens with zero attached hydrogens (tertiary/aromatic N) is 1. The number of primary amides is 1. The highest BCUT2D eigenvalue weighted by Gasteiger charge is 2.35. The molecular formula is C15H27N3O3. The topological polar surface area (TPSA) is 95.7 Å². The highest BCUT2D eigenvalue weighted by atomic mass is 16.3. The van der Waals surface area contributed by atoms with Gasteiger partial charge in [0.2, 0.25) is 5.91 Å². The van der Waals surface area contributed by atoms with Crippen molar-refractivity contribution in [1.29, 1.82) is 0 Å². The molecule has 2 rings (SSSR count). The Morgan fingerprint density at radius 2 is 2.00 bits per heavy atom. The first-order valence-electron chi connectivity index (χ1n) is 7.89. The van der Waals surface area contributed by atoms with Crippen LogP contribution in [0.15, 0.2) is 0 Å². The summed E-state index contributed by atoms with van der Waals surface area (Å²) in [4.78, 5) is 24.9. The van der Waals surface area contributed by atoms with Crippen molar-refractivity contribution in [3.05, 3.63) is 0 Å². The predicted molar refractivity (Wildman–Crippen MR) is 79.4 cm³/mol. The Hall–Kier alpha value is -1.30. The van der Waals surface area contributed by atoms with Gasteiger partial charge in [0.05, 0.1) is 6.10 Å². The number of hydrogen-bond acceptors (Lipinski definition) is 3. The molecule has 6 nitrogen and oxygen atoms in total. The second-order valence-corrected chi connectivity index (χ2v) is 6.85. The molecule has 0 aromatic rings. The van der Waals surface area contributed by atoms with Crippen LogP contribution in [0.5, 0.6) is 0 Å². The summed E-state index contributed by atoms with van der Waals surface area (Å²) in [6.07, 6.45) is 3.39. The number of rotatable bonds is 5. The Bertz CT molecular complexity index is 396. The Morgan fingerprint density at radius 3 is 2.52 bits per heavy atom. The molecule has 1 saturated heterocycles. The predicted octanol–water partition coefficient (Wildman–Crippen LogP) is 0.689. The van der Waals surface area contributed by atoms with E-state index in [0.29, 0.717) is 25.4 Å². The van der Waals surface area contributed by atoms with Gasteiger partial charge in [-0.1, -0.05) is 13.8 Å². The molecule has 0 bridgehead atoms. The Morgan fingerprint density at radius 1 is 1.33 bits per heavy atom. The highest BCUT2D eigenvalue weighted by molar-refractivity contribution is 5.78. The average molecular weight is 297 g/mol. The van der Waals surface area contributed by atoms with Crippen molar-refractivity contribution in [3.8, 4) is 0 Å². The van der Waals surface area contributed by atoms with Crippen molar-refractivity contribution >= 4 is 11.9 Å². The molecule has 2 aliphatic rings. The number of nitrogens with two attached hydrogens (primary N) is 1. The van der Waals surface area contributed by atoms with Gasteiger partial charge >= 0.3 is 6.03 Å². The fraction of sp³-hybridized carbons (Fsp3) is 0.867. The van der Waals surface area contributed by atoms with E-state index < -0.39 is 6.03 Å². The summed E-state index contributed by atoms with van der Waals surface area (Å²) in [6, 6.07) is -0.526. The minimum absolute atomic E-state index is 0.00666. The average Bonchev–Trinajstić information content (AvgIpc) is 3.22. The Kier molecular flexibility index (Phi) is 5.08. The van der Waals surface area contributed by atoms with Crippen LogP contribution >= 0.6 is 0 Å². The van der Waals surface area contributed by atoms with Gasteiger partial charge in [0, 0.05) is 25.0 Å². The van der Waals surface area contributed by atoms with Crippen molar-refractivity contribution in [2.45, 2.75) is 51.7 Å². The number of urea groups is 1. The molecule has 1 heterocycles. The first-order chi connectivity index (χ1) is 9.86. The lowest BCUT2D eigenvalue weighted by Crippen LogP contribution is -2.54. The monoisotopic (exact) mass is 297 g/mol. The molecule has 4 N–H and O–H groups in total. The largest absolute Gasteiger partial charge is 0.393 e. The second kappa shape index (κ2) is 6.64. The van der Waals surface area contributed by atoms with Crippen molar-refractivity contribution in [2.24, 2.45) is 23.5 Å². The summed E-state index contributed by atoms with van der Waals surface area (Å²) in [5.74, 6) is 0.536. The molecule has 0 aromatic carbocycles. The van der Waals surface area contributed by atoms with Crippen LogP contribution in [-0.2, 0) is 4.79 Å². The number of likely N-dealkylation sites (tertiary alicyclic amines) is 1. The number of amides is 3. The fourth-order valence-electron chi connectivity index (χ4n) is 3.04. The fourth-order valence-corrected chi connectivity index (χ4v) is 3.04. The summed E-state index contributed by atoms with van der Waals surface area (Å²) in [5.41, 5.74) is 5.40. The lowest BCUT2D eigenvalue weighted by atomic mass is 9.88. The maximum atomic E-state index is 11.8. The van der Waals surface area contributed by atoms with Gasteiger partial charge < -0.3 is 21.1 Å². The smallest absolute Gasteiger partial charge is 0.314 e. The van der Waals surface area contributed by atoms with Crippen LogP contribution in [0.1, 0.15) is 39.5 Å². The van der Waals surface area contributed by atoms with E-state index in [9.17, 15) is 14.7 Å². The molecule has 2 fully saturated rings. The zero-order valence-electron chi connectivity index (χ0n) is 12.9. The van der Waals surface area contributed by atoms with Crippen LogP contribution in [0.4, 0.5) is 4.79 Å². The molecule has 6 heteroatoms. The molecule has 3 amide bonds. The van der Waals surface area contributed by atoms with E-state index in [1.807, 2.05) is 13.8 Å². The number of aliphatic hydroxyl groups is 1. The third kappa shape index (κ3) is 4.59. The first kappa shape index (κ1) is 16.1. The quantitative estimate of drug-likeness (QED) is 0.696. The molecule has 0 spiro atoms. The van der Waals surface area contributed by atoms with Gasteiger partial charge in [0.1, 0.15) is 0 Å². The molecule has 1 aliphatic carbocycles. The third-order valence-electron chi connectivity index (χ3n) is 4.46. The summed E-state index contributed by atoms with van der Waals surface area (Å²) >= 11 is 0. The van der Waals surface area contributed by atoms with Crippen LogP contribution in [0.3, 0.4) is 0 Å². The number of carbonyl (C=O) groups excluding carboxylic acids is 2. The van der Waals surface area contributed by atoms with Gasteiger partial charge in [0.25, 0.3) is 0 Å². The SMILES string of the molecule is CC(C)C(=O)NC1CC(CC(O)C2CC2)CN(C(N)=O)C1. The maximum absolute atomic E-state index is 11.8. The zero-order chi connectivity index (χ0) is 15.6. The minimum Gasteiger partial charge on any atom is -0.393 e. The van der Waals surface area contributed by atoms with E-state index in [0.717, 1.165) is 19.3 Å². The normalized spacial score (nSPS) is 27.5. The molecule has 0 aromatic heterocycles. The number of carbonyl (C=O) groups is 2. The van der Waals surface area contributed by atoms with Crippen molar-refractivity contribution in [3.63, 3.8) is 0 Å². The van der Waals surface area contributed by atoms with Crippen molar-refractivity contribution < 1.29 is 14.7 Å². The summed E-state index contributed by atoms with van der Waals surface area (Å²) in [6.45, 7) is 4.73. The molecule has 120 valence electrons. The van der Waals surface area contributed by atoms with Crippen molar-refractivity contribution in [2.75, 3.05) is 13.1 Å². The summed E-state index contributed by atoms with van der Waals surface area (Å²) in [5, 5.41) is 13.1. The summed E-state index contributed by atoms with van der Waals surface area (Å²) in [7, 11) is 0. The van der Waals surface area contributed by atoms with Crippen LogP contribution < -0.4 is 11.1 Å². The number of nitrogens with one attached hydrogen (secondary N) is 1. The van der Waals surface area contributed by atoms with Crippen LogP contribution in [-0.4, -0.2) is 47.2 Å². The molecule has 1 saturated carbocycles. The van der Waals surface area contributed by atoms with Gasteiger partial charge in [-0.3, -0.25) is 4.79 Å². The van der Waals surface area contributed by atoms with Gasteiger partial charge in [-0.05, 0) is 37.5 Å². The zero-order valence-corrected chi connectivity index (χ0v) is 12.9. The lowest BCUT2D eigenvalue weighted by Gasteiger charge is -2.38. The first-order valence-corrected chi connectivity index (χ1v) is 7.89. The molecule has 3 atom stereocenters. The Balaban J connectivity index is 1.93. The maximum Gasteiger partial charge on any atom is 0.314 e. The second-order valence-electron chi connectivity index (χ2n) is 6.85. The molecule has 1 aliphatic heterocycles. The van der Waals surface area contributed by atoms with Gasteiger partial charge in [-0.15, -0.1) is 0 Å². The lowest BCUT2D eigenvalue weighted by molar-refractivity contribution is -0.125. The molecule has 21 heavy (non-hydrogen) atoms. The Labute approximate surface area is 126 Å². The van der Waals surface area contributed by atoms with Crippen LogP contribution in [0, 0.1) is 17.8 Å². The van der Waals surface area contributed by atoms with E-state index >= 15 is 0 Å². The molecule has 0 radical (unpaired) electrons. The van der Waals surface area contributed by atoms with E-state index in [4.69, 9.17) is 5.73 Å². The van der Waals surface area contributed by atoms with E-state index in [2.05, 4.69) is 5.32 Å².